The Balaban J connectivity index is 1.38. The van der Waals surface area contributed by atoms with Crippen LogP contribution in [0.4, 0.5) is 0 Å². The van der Waals surface area contributed by atoms with Crippen LogP contribution in [0.5, 0.6) is 0 Å². The number of benzene rings is 2. The van der Waals surface area contributed by atoms with Crippen molar-refractivity contribution in [3.63, 3.8) is 0 Å². The summed E-state index contributed by atoms with van der Waals surface area (Å²) in [5.41, 5.74) is 2.18. The van der Waals surface area contributed by atoms with Gasteiger partial charge in [-0.1, -0.05) is 48.5 Å². The monoisotopic (exact) mass is 344 g/mol. The van der Waals surface area contributed by atoms with Crippen molar-refractivity contribution < 1.29 is 14.0 Å². The Morgan fingerprint density at radius 1 is 0.923 bits per heavy atom. The van der Waals surface area contributed by atoms with Crippen molar-refractivity contribution in [2.45, 2.75) is 12.8 Å². The number of amidine groups is 1. The molecule has 1 aliphatic rings. The fourth-order valence-electron chi connectivity index (χ4n) is 2.89. The Kier molecular flexibility index (Phi) is 4.19. The first kappa shape index (κ1) is 16.0. The van der Waals surface area contributed by atoms with Crippen molar-refractivity contribution in [3.05, 3.63) is 83.6 Å². The highest BCUT2D eigenvalue weighted by Gasteiger charge is 2.23. The molecule has 5 nitrogen and oxygen atoms in total. The normalized spacial score (nSPS) is 12.6. The Labute approximate surface area is 150 Å². The standard InChI is InChI=1S/C21H16N2O3/c24-19(22-20-16-8-4-5-9-17(16)21(25)23-20)13-11-15-10-12-18(26-15)14-6-2-1-3-7-14/h1-10,12H,11,13H2,(H,22,23,24,25). The highest BCUT2D eigenvalue weighted by molar-refractivity contribution is 6.23. The zero-order valence-electron chi connectivity index (χ0n) is 13.9. The molecule has 0 atom stereocenters. The molecule has 3 aromatic rings. The fourth-order valence-corrected chi connectivity index (χ4v) is 2.89. The molecule has 0 bridgehead atoms. The number of aliphatic imine (C=N–C) groups is 1. The quantitative estimate of drug-likeness (QED) is 0.786. The second-order valence-electron chi connectivity index (χ2n) is 5.99. The van der Waals surface area contributed by atoms with Gasteiger partial charge in [-0.15, -0.1) is 0 Å². The minimum atomic E-state index is -0.325. The summed E-state index contributed by atoms with van der Waals surface area (Å²) in [6.45, 7) is 0. The Morgan fingerprint density at radius 3 is 2.46 bits per heavy atom. The lowest BCUT2D eigenvalue weighted by Gasteiger charge is -2.05. The zero-order valence-corrected chi connectivity index (χ0v) is 13.9. The van der Waals surface area contributed by atoms with Crippen LogP contribution in [0.1, 0.15) is 28.1 Å². The Morgan fingerprint density at radius 2 is 1.65 bits per heavy atom. The van der Waals surface area contributed by atoms with Gasteiger partial charge in [0, 0.05) is 24.0 Å². The molecule has 0 fully saturated rings. The lowest BCUT2D eigenvalue weighted by Crippen LogP contribution is -2.30. The van der Waals surface area contributed by atoms with E-state index in [1.54, 1.807) is 18.2 Å². The molecule has 0 unspecified atom stereocenters. The molecule has 0 saturated carbocycles. The van der Waals surface area contributed by atoms with Crippen molar-refractivity contribution >= 4 is 17.6 Å². The van der Waals surface area contributed by atoms with E-state index in [0.717, 1.165) is 17.1 Å². The number of rotatable bonds is 4. The third-order valence-electron chi connectivity index (χ3n) is 4.20. The maximum Gasteiger partial charge on any atom is 0.279 e. The van der Waals surface area contributed by atoms with Crippen molar-refractivity contribution in [2.24, 2.45) is 4.99 Å². The number of amides is 2. The van der Waals surface area contributed by atoms with Crippen molar-refractivity contribution in [3.8, 4) is 11.3 Å². The van der Waals surface area contributed by atoms with Gasteiger partial charge in [0.25, 0.3) is 5.91 Å². The van der Waals surface area contributed by atoms with E-state index in [4.69, 9.17) is 4.42 Å². The summed E-state index contributed by atoms with van der Waals surface area (Å²) in [7, 11) is 0. The van der Waals surface area contributed by atoms with Gasteiger partial charge in [0.05, 0.1) is 5.56 Å². The molecule has 1 N–H and O–H groups in total. The maximum atomic E-state index is 12.2. The van der Waals surface area contributed by atoms with E-state index in [9.17, 15) is 9.59 Å². The largest absolute Gasteiger partial charge is 0.461 e. The summed E-state index contributed by atoms with van der Waals surface area (Å²) >= 11 is 0. The number of fused-ring (bicyclic) bond motifs is 1. The molecule has 2 amide bonds. The zero-order chi connectivity index (χ0) is 17.9. The summed E-state index contributed by atoms with van der Waals surface area (Å²) in [6, 6.07) is 20.6. The van der Waals surface area contributed by atoms with E-state index in [0.29, 0.717) is 23.4 Å². The molecule has 0 spiro atoms. The molecular formula is C21H16N2O3. The van der Waals surface area contributed by atoms with Crippen LogP contribution in [0, 0.1) is 0 Å². The molecule has 128 valence electrons. The average molecular weight is 344 g/mol. The Hall–Kier alpha value is -3.47. The molecule has 2 aromatic carbocycles. The van der Waals surface area contributed by atoms with E-state index >= 15 is 0 Å². The molecule has 1 aromatic heterocycles. The van der Waals surface area contributed by atoms with Gasteiger partial charge in [-0.05, 0) is 18.2 Å². The minimum Gasteiger partial charge on any atom is -0.461 e. The number of carbonyl (C=O) groups excluding carboxylic acids is 2. The van der Waals surface area contributed by atoms with Gasteiger partial charge in [0.15, 0.2) is 0 Å². The van der Waals surface area contributed by atoms with Gasteiger partial charge in [0.2, 0.25) is 5.91 Å². The van der Waals surface area contributed by atoms with Gasteiger partial charge in [0.1, 0.15) is 17.4 Å². The minimum absolute atomic E-state index is 0.203. The van der Waals surface area contributed by atoms with Crippen molar-refractivity contribution in [1.29, 1.82) is 0 Å². The van der Waals surface area contributed by atoms with Gasteiger partial charge in [-0.3, -0.25) is 9.59 Å². The van der Waals surface area contributed by atoms with Crippen LogP contribution in [-0.4, -0.2) is 17.6 Å². The van der Waals surface area contributed by atoms with E-state index in [1.165, 1.54) is 0 Å². The van der Waals surface area contributed by atoms with Crippen LogP contribution in [0.25, 0.3) is 11.3 Å². The second-order valence-corrected chi connectivity index (χ2v) is 5.99. The second kappa shape index (κ2) is 6.80. The highest BCUT2D eigenvalue weighted by Crippen LogP contribution is 2.22. The molecule has 26 heavy (non-hydrogen) atoms. The fraction of sp³-hybridized carbons (Fsp3) is 0.0952. The number of aryl methyl sites for hydroxylation is 1. The van der Waals surface area contributed by atoms with Crippen LogP contribution < -0.4 is 5.32 Å². The number of furan rings is 1. The lowest BCUT2D eigenvalue weighted by atomic mass is 10.1. The van der Waals surface area contributed by atoms with E-state index < -0.39 is 0 Å². The van der Waals surface area contributed by atoms with E-state index in [-0.39, 0.29) is 18.2 Å². The van der Waals surface area contributed by atoms with Gasteiger partial charge < -0.3 is 9.73 Å². The smallest absolute Gasteiger partial charge is 0.279 e. The molecule has 2 heterocycles. The SMILES string of the molecule is O=C(CCc1ccc(-c2ccccc2)o1)NC1=NC(=O)c2ccccc21. The number of hydrogen-bond donors (Lipinski definition) is 1. The third-order valence-corrected chi connectivity index (χ3v) is 4.20. The van der Waals surface area contributed by atoms with E-state index in [1.807, 2.05) is 48.5 Å². The molecule has 4 rings (SSSR count). The molecule has 0 aliphatic carbocycles. The average Bonchev–Trinajstić information content (AvgIpc) is 3.27. The van der Waals surface area contributed by atoms with Crippen LogP contribution in [0.3, 0.4) is 0 Å². The van der Waals surface area contributed by atoms with Gasteiger partial charge in [-0.2, -0.15) is 4.99 Å². The Bertz CT molecular complexity index is 1000. The van der Waals surface area contributed by atoms with Gasteiger partial charge in [-0.25, -0.2) is 0 Å². The molecular weight excluding hydrogens is 328 g/mol. The molecule has 5 heteroatoms. The van der Waals surface area contributed by atoms with Crippen LogP contribution in [0.2, 0.25) is 0 Å². The highest BCUT2D eigenvalue weighted by atomic mass is 16.3. The van der Waals surface area contributed by atoms with Crippen LogP contribution >= 0.6 is 0 Å². The number of hydrogen-bond acceptors (Lipinski definition) is 3. The lowest BCUT2D eigenvalue weighted by molar-refractivity contribution is -0.119. The third kappa shape index (κ3) is 3.19. The first-order valence-corrected chi connectivity index (χ1v) is 8.37. The first-order chi connectivity index (χ1) is 12.7. The summed E-state index contributed by atoms with van der Waals surface area (Å²) in [4.78, 5) is 28.0. The molecule has 0 saturated heterocycles. The summed E-state index contributed by atoms with van der Waals surface area (Å²) < 4.78 is 5.80. The molecule has 1 aliphatic heterocycles. The van der Waals surface area contributed by atoms with Crippen LogP contribution in [-0.2, 0) is 11.2 Å². The van der Waals surface area contributed by atoms with Crippen LogP contribution in [0.15, 0.2) is 76.1 Å². The van der Waals surface area contributed by atoms with Gasteiger partial charge >= 0.3 is 0 Å². The van der Waals surface area contributed by atoms with E-state index in [2.05, 4.69) is 10.3 Å². The topological polar surface area (TPSA) is 71.7 Å². The predicted octanol–water partition coefficient (Wildman–Crippen LogP) is 3.60. The molecule has 0 radical (unpaired) electrons. The first-order valence-electron chi connectivity index (χ1n) is 8.37. The number of nitrogens with zero attached hydrogens (tertiary/aromatic N) is 1. The summed E-state index contributed by atoms with van der Waals surface area (Å²) in [6.07, 6.45) is 0.721. The summed E-state index contributed by atoms with van der Waals surface area (Å²) in [5, 5.41) is 2.72. The number of carbonyl (C=O) groups is 2. The van der Waals surface area contributed by atoms with Crippen molar-refractivity contribution in [1.82, 2.24) is 5.32 Å². The summed E-state index contributed by atoms with van der Waals surface area (Å²) in [5.74, 6) is 1.31. The van der Waals surface area contributed by atoms with Crippen molar-refractivity contribution in [2.75, 3.05) is 0 Å². The maximum absolute atomic E-state index is 12.2. The number of nitrogens with one attached hydrogen (secondary N) is 1. The predicted molar refractivity (Wildman–Crippen MR) is 97.9 cm³/mol.